The van der Waals surface area contributed by atoms with Gasteiger partial charge in [0.05, 0.1) is 17.7 Å². The Hall–Kier alpha value is -3.94. The van der Waals surface area contributed by atoms with Gasteiger partial charge in [0.25, 0.3) is 5.91 Å². The van der Waals surface area contributed by atoms with Gasteiger partial charge in [0.15, 0.2) is 0 Å². The fourth-order valence-corrected chi connectivity index (χ4v) is 4.15. The van der Waals surface area contributed by atoms with Gasteiger partial charge in [0, 0.05) is 29.8 Å². The second-order valence-electron chi connectivity index (χ2n) is 7.79. The largest absolute Gasteiger partial charge is 0.491 e. The number of ether oxygens (including phenoxy) is 1. The molecule has 0 saturated carbocycles. The quantitative estimate of drug-likeness (QED) is 0.473. The highest BCUT2D eigenvalue weighted by Crippen LogP contribution is 2.41. The third kappa shape index (κ3) is 3.77. The third-order valence-electron chi connectivity index (χ3n) is 5.81. The van der Waals surface area contributed by atoms with Crippen molar-refractivity contribution in [2.45, 2.75) is 18.1 Å². The van der Waals surface area contributed by atoms with Crippen LogP contribution in [-0.2, 0) is 11.7 Å². The van der Waals surface area contributed by atoms with Crippen molar-refractivity contribution in [3.63, 3.8) is 0 Å². The molecule has 1 unspecified atom stereocenters. The van der Waals surface area contributed by atoms with Crippen LogP contribution in [0.3, 0.4) is 0 Å². The van der Waals surface area contributed by atoms with Crippen LogP contribution >= 0.6 is 0 Å². The minimum Gasteiger partial charge on any atom is -0.491 e. The van der Waals surface area contributed by atoms with E-state index in [1.54, 1.807) is 42.7 Å². The molecule has 1 amide bonds. The van der Waals surface area contributed by atoms with Crippen LogP contribution in [0.25, 0.3) is 10.9 Å². The number of hydrogen-bond donors (Lipinski definition) is 1. The van der Waals surface area contributed by atoms with Crippen LogP contribution in [-0.4, -0.2) is 22.5 Å². The highest BCUT2D eigenvalue weighted by Gasteiger charge is 2.43. The van der Waals surface area contributed by atoms with E-state index in [0.717, 1.165) is 17.5 Å². The molecular formula is C25H18F3N3O2. The number of benzene rings is 2. The van der Waals surface area contributed by atoms with Crippen LogP contribution in [0.1, 0.15) is 33.6 Å². The zero-order valence-corrected chi connectivity index (χ0v) is 17.3. The Balaban J connectivity index is 1.60. The monoisotopic (exact) mass is 449 g/mol. The van der Waals surface area contributed by atoms with Crippen molar-refractivity contribution in [3.05, 3.63) is 102 Å². The van der Waals surface area contributed by atoms with Gasteiger partial charge >= 0.3 is 6.18 Å². The molecule has 2 aromatic heterocycles. The molecule has 8 heteroatoms. The smallest absolute Gasteiger partial charge is 0.416 e. The highest BCUT2D eigenvalue weighted by atomic mass is 19.4. The molecule has 5 nitrogen and oxygen atoms in total. The lowest BCUT2D eigenvalue weighted by atomic mass is 9.80. The van der Waals surface area contributed by atoms with Crippen molar-refractivity contribution in [1.29, 1.82) is 0 Å². The molecule has 0 saturated heterocycles. The molecule has 166 valence electrons. The number of pyridine rings is 2. The van der Waals surface area contributed by atoms with Crippen LogP contribution in [0, 0.1) is 0 Å². The van der Waals surface area contributed by atoms with Gasteiger partial charge in [0.1, 0.15) is 17.0 Å². The Kier molecular flexibility index (Phi) is 5.00. The summed E-state index contributed by atoms with van der Waals surface area (Å²) in [6, 6.07) is 17.1. The number of carbonyl (C=O) groups excluding carboxylic acids is 1. The summed E-state index contributed by atoms with van der Waals surface area (Å²) in [5.41, 5.74) is 0.0707. The Morgan fingerprint density at radius 2 is 1.73 bits per heavy atom. The lowest BCUT2D eigenvalue weighted by Gasteiger charge is -2.39. The summed E-state index contributed by atoms with van der Waals surface area (Å²) in [5, 5.41) is 3.95. The lowest BCUT2D eigenvalue weighted by molar-refractivity contribution is -0.137. The van der Waals surface area contributed by atoms with Crippen molar-refractivity contribution in [1.82, 2.24) is 15.3 Å². The first-order chi connectivity index (χ1) is 15.9. The van der Waals surface area contributed by atoms with Gasteiger partial charge < -0.3 is 10.1 Å². The minimum absolute atomic E-state index is 0.263. The van der Waals surface area contributed by atoms with E-state index in [9.17, 15) is 18.0 Å². The van der Waals surface area contributed by atoms with Gasteiger partial charge in [-0.25, -0.2) is 0 Å². The molecule has 0 aliphatic carbocycles. The van der Waals surface area contributed by atoms with E-state index in [2.05, 4.69) is 15.3 Å². The number of carbonyl (C=O) groups is 1. The van der Waals surface area contributed by atoms with E-state index in [-0.39, 0.29) is 12.5 Å². The predicted molar refractivity (Wildman–Crippen MR) is 116 cm³/mol. The number of aromatic nitrogens is 2. The van der Waals surface area contributed by atoms with Crippen molar-refractivity contribution in [3.8, 4) is 5.75 Å². The normalized spacial score (nSPS) is 17.8. The van der Waals surface area contributed by atoms with Crippen LogP contribution in [0.15, 0.2) is 79.1 Å². The Labute approximate surface area is 187 Å². The number of fused-ring (bicyclic) bond motifs is 2. The van der Waals surface area contributed by atoms with Gasteiger partial charge in [-0.1, -0.05) is 24.3 Å². The number of nitrogens with one attached hydrogen (secondary N) is 1. The minimum atomic E-state index is -4.46. The number of nitrogens with zero attached hydrogens (tertiary/aromatic N) is 2. The molecule has 0 spiro atoms. The topological polar surface area (TPSA) is 64.1 Å². The second-order valence-corrected chi connectivity index (χ2v) is 7.79. The summed E-state index contributed by atoms with van der Waals surface area (Å²) < 4.78 is 45.2. The number of halogens is 3. The first-order valence-electron chi connectivity index (χ1n) is 10.3. The molecule has 0 bridgehead atoms. The number of rotatable bonds is 3. The zero-order chi connectivity index (χ0) is 23.1. The molecule has 4 aromatic rings. The van der Waals surface area contributed by atoms with Gasteiger partial charge in [-0.15, -0.1) is 0 Å². The molecule has 33 heavy (non-hydrogen) atoms. The van der Waals surface area contributed by atoms with E-state index in [1.165, 1.54) is 12.1 Å². The Bertz CT molecular complexity index is 1340. The second kappa shape index (κ2) is 7.88. The maximum Gasteiger partial charge on any atom is 0.416 e. The summed E-state index contributed by atoms with van der Waals surface area (Å²) in [5.74, 6) is 0.0880. The van der Waals surface area contributed by atoms with E-state index in [4.69, 9.17) is 4.74 Å². The summed E-state index contributed by atoms with van der Waals surface area (Å²) in [6.07, 6.45) is -0.941. The predicted octanol–water partition coefficient (Wildman–Crippen LogP) is 5.10. The Morgan fingerprint density at radius 3 is 2.52 bits per heavy atom. The number of alkyl halides is 3. The summed E-state index contributed by atoms with van der Waals surface area (Å²) >= 11 is 0. The molecule has 0 radical (unpaired) electrons. The first-order valence-corrected chi connectivity index (χ1v) is 10.3. The van der Waals surface area contributed by atoms with Gasteiger partial charge in [-0.05, 0) is 48.0 Å². The van der Waals surface area contributed by atoms with E-state index < -0.39 is 17.3 Å². The van der Waals surface area contributed by atoms with Crippen LogP contribution in [0.4, 0.5) is 13.2 Å². The lowest BCUT2D eigenvalue weighted by Crippen LogP contribution is -2.50. The Morgan fingerprint density at radius 1 is 0.970 bits per heavy atom. The SMILES string of the molecule is O=C(NC1(c2ccc(C(F)(F)F)cc2)CCOc2cccnc21)c1ccc2cccnc2c1. The van der Waals surface area contributed by atoms with E-state index in [0.29, 0.717) is 34.5 Å². The first kappa shape index (κ1) is 20.9. The average Bonchev–Trinajstić information content (AvgIpc) is 2.83. The van der Waals surface area contributed by atoms with Gasteiger partial charge in [0.2, 0.25) is 0 Å². The number of hydrogen-bond acceptors (Lipinski definition) is 4. The summed E-state index contributed by atoms with van der Waals surface area (Å²) in [4.78, 5) is 22.1. The van der Waals surface area contributed by atoms with Gasteiger partial charge in [-0.2, -0.15) is 13.2 Å². The molecule has 1 aliphatic rings. The standard InChI is InChI=1S/C25H18F3N3O2/c26-25(27,28)19-9-7-18(8-10-19)24(11-14-33-21-4-2-13-30-22(21)24)31-23(32)17-6-5-16-3-1-12-29-20(16)15-17/h1-10,12-13,15H,11,14H2,(H,31,32). The average molecular weight is 449 g/mol. The fourth-order valence-electron chi connectivity index (χ4n) is 4.15. The summed E-state index contributed by atoms with van der Waals surface area (Å²) in [7, 11) is 0. The summed E-state index contributed by atoms with van der Waals surface area (Å²) in [6.45, 7) is 0.263. The molecule has 0 fully saturated rings. The van der Waals surface area contributed by atoms with Crippen LogP contribution in [0.5, 0.6) is 5.75 Å². The molecular weight excluding hydrogens is 431 g/mol. The third-order valence-corrected chi connectivity index (χ3v) is 5.81. The van der Waals surface area contributed by atoms with E-state index >= 15 is 0 Å². The maximum atomic E-state index is 13.4. The van der Waals surface area contributed by atoms with Crippen LogP contribution < -0.4 is 10.1 Å². The molecule has 3 heterocycles. The number of amides is 1. The van der Waals surface area contributed by atoms with Crippen LogP contribution in [0.2, 0.25) is 0 Å². The fraction of sp³-hybridized carbons (Fsp3) is 0.160. The highest BCUT2D eigenvalue weighted by molar-refractivity contribution is 5.98. The zero-order valence-electron chi connectivity index (χ0n) is 17.3. The molecule has 1 aliphatic heterocycles. The van der Waals surface area contributed by atoms with Crippen molar-refractivity contribution >= 4 is 16.8 Å². The molecule has 1 N–H and O–H groups in total. The maximum absolute atomic E-state index is 13.4. The van der Waals surface area contributed by atoms with E-state index in [1.807, 2.05) is 12.1 Å². The van der Waals surface area contributed by atoms with Crippen molar-refractivity contribution in [2.24, 2.45) is 0 Å². The molecule has 1 atom stereocenters. The molecule has 5 rings (SSSR count). The van der Waals surface area contributed by atoms with Crippen molar-refractivity contribution in [2.75, 3.05) is 6.61 Å². The van der Waals surface area contributed by atoms with Crippen molar-refractivity contribution < 1.29 is 22.7 Å². The van der Waals surface area contributed by atoms with Gasteiger partial charge in [-0.3, -0.25) is 14.8 Å². The molecule has 2 aromatic carbocycles.